The van der Waals surface area contributed by atoms with Gasteiger partial charge in [0, 0.05) is 17.7 Å². The third-order valence-corrected chi connectivity index (χ3v) is 1.91. The van der Waals surface area contributed by atoms with Crippen LogP contribution in [0.4, 0.5) is 5.69 Å². The minimum Gasteiger partial charge on any atom is -0.623 e. The van der Waals surface area contributed by atoms with Crippen LogP contribution in [0.25, 0.3) is 0 Å². The number of benzene rings is 1. The fourth-order valence-corrected chi connectivity index (χ4v) is 1.09. The second kappa shape index (κ2) is 5.59. The summed E-state index contributed by atoms with van der Waals surface area (Å²) in [5.74, 6) is -0.654. The third kappa shape index (κ3) is 3.90. The largest absolute Gasteiger partial charge is 0.623 e. The van der Waals surface area contributed by atoms with E-state index >= 15 is 0 Å². The highest BCUT2D eigenvalue weighted by Gasteiger charge is 2.07. The van der Waals surface area contributed by atoms with E-state index in [0.717, 1.165) is 6.21 Å². The van der Waals surface area contributed by atoms with Crippen LogP contribution in [0.5, 0.6) is 0 Å². The molecule has 0 spiro atoms. The van der Waals surface area contributed by atoms with Crippen LogP contribution >= 0.6 is 0 Å². The Hall–Kier alpha value is -2.44. The van der Waals surface area contributed by atoms with Gasteiger partial charge in [0.1, 0.15) is 0 Å². The molecule has 0 atom stereocenters. The average molecular weight is 238 g/mol. The average Bonchev–Trinajstić information content (AvgIpc) is 2.29. The van der Waals surface area contributed by atoms with Crippen molar-refractivity contribution in [1.29, 1.82) is 0 Å². The van der Waals surface area contributed by atoms with Gasteiger partial charge in [-0.05, 0) is 12.1 Å². The minimum absolute atomic E-state index is 0.0624. The first-order valence-corrected chi connectivity index (χ1v) is 4.63. The van der Waals surface area contributed by atoms with Crippen LogP contribution in [0.15, 0.2) is 24.3 Å². The molecule has 0 heterocycles. The Bertz CT molecular complexity index is 452. The standard InChI is InChI=1S/C10H10N2O5/c1-17-10(13)7-11(14)6-8-2-4-9(5-3-8)12(15)16/h2-6H,7H2,1H3/b11-6-. The van der Waals surface area contributed by atoms with Crippen LogP contribution in [0.1, 0.15) is 5.56 Å². The fraction of sp³-hybridized carbons (Fsp3) is 0.200. The smallest absolute Gasteiger partial charge is 0.373 e. The Morgan fingerprint density at radius 2 is 1.94 bits per heavy atom. The lowest BCUT2D eigenvalue weighted by atomic mass is 10.2. The molecule has 0 aromatic heterocycles. The molecule has 0 bridgehead atoms. The lowest BCUT2D eigenvalue weighted by molar-refractivity contribution is -0.442. The molecule has 1 aromatic carbocycles. The van der Waals surface area contributed by atoms with Crippen molar-refractivity contribution in [3.8, 4) is 0 Å². The molecule has 0 fully saturated rings. The van der Waals surface area contributed by atoms with Gasteiger partial charge in [0.2, 0.25) is 6.54 Å². The Balaban J connectivity index is 2.77. The number of methoxy groups -OCH3 is 1. The number of esters is 1. The number of ether oxygens (including phenoxy) is 1. The van der Waals surface area contributed by atoms with Crippen molar-refractivity contribution >= 4 is 17.9 Å². The summed E-state index contributed by atoms with van der Waals surface area (Å²) >= 11 is 0. The molecule has 17 heavy (non-hydrogen) atoms. The molecule has 0 aliphatic carbocycles. The van der Waals surface area contributed by atoms with E-state index in [0.29, 0.717) is 10.3 Å². The summed E-state index contributed by atoms with van der Waals surface area (Å²) in [6.07, 6.45) is 1.15. The Kier molecular flexibility index (Phi) is 4.15. The number of nitro groups is 1. The van der Waals surface area contributed by atoms with E-state index in [1.54, 1.807) is 0 Å². The highest BCUT2D eigenvalue weighted by Crippen LogP contribution is 2.10. The Morgan fingerprint density at radius 3 is 2.41 bits per heavy atom. The number of nitro benzene ring substituents is 1. The van der Waals surface area contributed by atoms with Gasteiger partial charge in [0.05, 0.1) is 12.0 Å². The minimum atomic E-state index is -0.654. The zero-order valence-corrected chi connectivity index (χ0v) is 9.03. The number of non-ortho nitro benzene ring substituents is 1. The molecule has 0 aliphatic rings. The normalized spacial score (nSPS) is 11.0. The molecule has 0 radical (unpaired) electrons. The van der Waals surface area contributed by atoms with E-state index in [-0.39, 0.29) is 5.69 Å². The molecular weight excluding hydrogens is 228 g/mol. The quantitative estimate of drug-likeness (QED) is 0.192. The lowest BCUT2D eigenvalue weighted by Gasteiger charge is -2.01. The molecule has 0 N–H and O–H groups in total. The number of hydroxylamine groups is 1. The van der Waals surface area contributed by atoms with Crippen LogP contribution in [-0.2, 0) is 9.53 Å². The first-order valence-electron chi connectivity index (χ1n) is 4.63. The van der Waals surface area contributed by atoms with Gasteiger partial charge in [-0.1, -0.05) is 0 Å². The maximum absolute atomic E-state index is 11.2. The van der Waals surface area contributed by atoms with Gasteiger partial charge < -0.3 is 9.94 Å². The molecule has 7 nitrogen and oxygen atoms in total. The molecule has 90 valence electrons. The van der Waals surface area contributed by atoms with Gasteiger partial charge in [0.15, 0.2) is 6.21 Å². The zero-order valence-electron chi connectivity index (χ0n) is 9.03. The Labute approximate surface area is 96.7 Å². The zero-order chi connectivity index (χ0) is 12.8. The van der Waals surface area contributed by atoms with E-state index in [2.05, 4.69) is 4.74 Å². The summed E-state index contributed by atoms with van der Waals surface area (Å²) in [4.78, 5) is 20.6. The highest BCUT2D eigenvalue weighted by atomic mass is 16.6. The molecule has 0 saturated heterocycles. The van der Waals surface area contributed by atoms with Crippen molar-refractivity contribution in [1.82, 2.24) is 0 Å². The number of nitrogens with zero attached hydrogens (tertiary/aromatic N) is 2. The van der Waals surface area contributed by atoms with E-state index in [4.69, 9.17) is 0 Å². The number of carbonyl (C=O) groups is 1. The first kappa shape index (κ1) is 12.6. The monoisotopic (exact) mass is 238 g/mol. The van der Waals surface area contributed by atoms with Gasteiger partial charge in [-0.15, -0.1) is 0 Å². The molecular formula is C10H10N2O5. The van der Waals surface area contributed by atoms with E-state index in [1.165, 1.54) is 31.4 Å². The van der Waals surface area contributed by atoms with Crippen LogP contribution < -0.4 is 0 Å². The summed E-state index contributed by atoms with van der Waals surface area (Å²) in [5.41, 5.74) is 0.405. The second-order valence-corrected chi connectivity index (χ2v) is 3.13. The van der Waals surface area contributed by atoms with Crippen LogP contribution in [0.2, 0.25) is 0 Å². The van der Waals surface area contributed by atoms with E-state index in [1.807, 2.05) is 0 Å². The van der Waals surface area contributed by atoms with Gasteiger partial charge >= 0.3 is 5.97 Å². The van der Waals surface area contributed by atoms with Gasteiger partial charge in [-0.3, -0.25) is 10.1 Å². The van der Waals surface area contributed by atoms with Gasteiger partial charge in [-0.25, -0.2) is 4.79 Å². The number of hydrogen-bond acceptors (Lipinski definition) is 5. The summed E-state index contributed by atoms with van der Waals surface area (Å²) in [6, 6.07) is 5.39. The maximum atomic E-state index is 11.2. The summed E-state index contributed by atoms with van der Waals surface area (Å²) in [5, 5.41) is 21.6. The van der Waals surface area contributed by atoms with Crippen LogP contribution in [0, 0.1) is 15.3 Å². The molecule has 0 aliphatic heterocycles. The molecule has 0 unspecified atom stereocenters. The highest BCUT2D eigenvalue weighted by molar-refractivity contribution is 5.77. The van der Waals surface area contributed by atoms with Crippen molar-refractivity contribution in [3.63, 3.8) is 0 Å². The van der Waals surface area contributed by atoms with Crippen LogP contribution in [0.3, 0.4) is 0 Å². The second-order valence-electron chi connectivity index (χ2n) is 3.13. The van der Waals surface area contributed by atoms with Crippen molar-refractivity contribution in [3.05, 3.63) is 45.2 Å². The summed E-state index contributed by atoms with van der Waals surface area (Å²) in [7, 11) is 1.18. The molecule has 7 heteroatoms. The van der Waals surface area contributed by atoms with Crippen LogP contribution in [-0.4, -0.2) is 35.5 Å². The topological polar surface area (TPSA) is 95.5 Å². The van der Waals surface area contributed by atoms with Crippen molar-refractivity contribution < 1.29 is 19.2 Å². The van der Waals surface area contributed by atoms with Crippen molar-refractivity contribution in [2.45, 2.75) is 0 Å². The van der Waals surface area contributed by atoms with Gasteiger partial charge in [-0.2, -0.15) is 4.74 Å². The predicted octanol–water partition coefficient (Wildman–Crippen LogP) is 0.697. The Morgan fingerprint density at radius 1 is 1.35 bits per heavy atom. The summed E-state index contributed by atoms with van der Waals surface area (Å²) in [6.45, 7) is -0.423. The first-order chi connectivity index (χ1) is 8.02. The maximum Gasteiger partial charge on any atom is 0.373 e. The molecule has 0 saturated carbocycles. The van der Waals surface area contributed by atoms with Crippen molar-refractivity contribution in [2.24, 2.45) is 0 Å². The SMILES string of the molecule is COC(=O)C/[N+]([O-])=C/c1ccc([N+](=O)[O-])cc1. The summed E-state index contributed by atoms with van der Waals surface area (Å²) < 4.78 is 4.72. The van der Waals surface area contributed by atoms with E-state index in [9.17, 15) is 20.1 Å². The lowest BCUT2D eigenvalue weighted by Crippen LogP contribution is -2.18. The fourth-order valence-electron chi connectivity index (χ4n) is 1.09. The van der Waals surface area contributed by atoms with Crippen molar-refractivity contribution in [2.75, 3.05) is 13.7 Å². The third-order valence-electron chi connectivity index (χ3n) is 1.91. The molecule has 1 rings (SSSR count). The number of carbonyl (C=O) groups excluding carboxylic acids is 1. The van der Waals surface area contributed by atoms with Gasteiger partial charge in [0.25, 0.3) is 5.69 Å². The molecule has 0 amide bonds. The van der Waals surface area contributed by atoms with E-state index < -0.39 is 17.4 Å². The predicted molar refractivity (Wildman–Crippen MR) is 58.8 cm³/mol. The number of rotatable bonds is 4. The number of hydrogen-bond donors (Lipinski definition) is 0. The molecule has 1 aromatic rings.